The number of esters is 1. The van der Waals surface area contributed by atoms with Gasteiger partial charge in [0.1, 0.15) is 12.3 Å². The molecule has 0 aliphatic carbocycles. The van der Waals surface area contributed by atoms with E-state index in [1.54, 1.807) is 37.3 Å². The monoisotopic (exact) mass is 420 g/mol. The molecule has 2 aromatic rings. The first-order chi connectivity index (χ1) is 13.7. The van der Waals surface area contributed by atoms with Gasteiger partial charge in [-0.2, -0.15) is 4.72 Å². The van der Waals surface area contributed by atoms with Crippen LogP contribution >= 0.6 is 0 Å². The Balaban J connectivity index is 1.80. The molecule has 0 aromatic heterocycles. The number of aryl methyl sites for hydroxylation is 2. The molecule has 0 spiro atoms. The maximum absolute atomic E-state index is 12.2. The Morgan fingerprint density at radius 3 is 2.31 bits per heavy atom. The third-order valence-corrected chi connectivity index (χ3v) is 5.41. The van der Waals surface area contributed by atoms with E-state index in [0.717, 1.165) is 11.1 Å². The maximum Gasteiger partial charge on any atom is 0.321 e. The van der Waals surface area contributed by atoms with Crippen LogP contribution in [0.2, 0.25) is 0 Å². The van der Waals surface area contributed by atoms with Gasteiger partial charge in [0.25, 0.3) is 5.91 Å². The van der Waals surface area contributed by atoms with E-state index in [1.807, 2.05) is 13.8 Å². The molecule has 0 saturated heterocycles. The van der Waals surface area contributed by atoms with E-state index in [1.165, 1.54) is 12.1 Å². The van der Waals surface area contributed by atoms with E-state index in [4.69, 9.17) is 9.47 Å². The summed E-state index contributed by atoms with van der Waals surface area (Å²) in [7, 11) is -3.85. The van der Waals surface area contributed by atoms with Gasteiger partial charge in [-0.3, -0.25) is 9.59 Å². The second kappa shape index (κ2) is 10.0. The van der Waals surface area contributed by atoms with Crippen molar-refractivity contribution >= 4 is 27.6 Å². The summed E-state index contributed by atoms with van der Waals surface area (Å²) in [6.07, 6.45) is 0. The first-order valence-electron chi connectivity index (χ1n) is 8.96. The highest BCUT2D eigenvalue weighted by Crippen LogP contribution is 2.16. The summed E-state index contributed by atoms with van der Waals surface area (Å²) in [6.45, 7) is 4.96. The Morgan fingerprint density at radius 1 is 1.00 bits per heavy atom. The van der Waals surface area contributed by atoms with Crippen LogP contribution in [-0.2, 0) is 24.3 Å². The molecule has 0 aliphatic heterocycles. The lowest BCUT2D eigenvalue weighted by Crippen LogP contribution is -2.32. The molecule has 0 unspecified atom stereocenters. The van der Waals surface area contributed by atoms with E-state index in [0.29, 0.717) is 18.0 Å². The van der Waals surface area contributed by atoms with Crippen LogP contribution in [0.5, 0.6) is 5.75 Å². The lowest BCUT2D eigenvalue weighted by molar-refractivity contribution is -0.146. The number of hydrogen-bond acceptors (Lipinski definition) is 6. The first-order valence-corrected chi connectivity index (χ1v) is 10.4. The number of carbonyl (C=O) groups is 2. The van der Waals surface area contributed by atoms with Crippen LogP contribution in [0.15, 0.2) is 47.4 Å². The zero-order valence-electron chi connectivity index (χ0n) is 16.5. The minimum atomic E-state index is -3.85. The zero-order valence-corrected chi connectivity index (χ0v) is 17.3. The molecule has 0 fully saturated rings. The fourth-order valence-electron chi connectivity index (χ4n) is 2.31. The van der Waals surface area contributed by atoms with E-state index in [-0.39, 0.29) is 4.90 Å². The molecular formula is C20H24N2O6S. The number of amides is 1. The number of ether oxygens (including phenoxy) is 2. The Labute approximate surface area is 170 Å². The molecule has 0 atom stereocenters. The summed E-state index contributed by atoms with van der Waals surface area (Å²) in [6, 6.07) is 11.4. The van der Waals surface area contributed by atoms with E-state index < -0.39 is 35.1 Å². The van der Waals surface area contributed by atoms with Crippen LogP contribution in [0, 0.1) is 13.8 Å². The fraction of sp³-hybridized carbons (Fsp3) is 0.300. The van der Waals surface area contributed by atoms with Crippen molar-refractivity contribution in [2.45, 2.75) is 25.7 Å². The average molecular weight is 420 g/mol. The second-order valence-electron chi connectivity index (χ2n) is 6.24. The third-order valence-electron chi connectivity index (χ3n) is 4.01. The van der Waals surface area contributed by atoms with Crippen molar-refractivity contribution in [2.75, 3.05) is 25.1 Å². The first kappa shape index (κ1) is 22.4. The average Bonchev–Trinajstić information content (AvgIpc) is 2.68. The van der Waals surface area contributed by atoms with Crippen molar-refractivity contribution < 1.29 is 27.5 Å². The van der Waals surface area contributed by atoms with Gasteiger partial charge in [-0.25, -0.2) is 8.42 Å². The van der Waals surface area contributed by atoms with Gasteiger partial charge < -0.3 is 14.8 Å². The van der Waals surface area contributed by atoms with Gasteiger partial charge in [0.05, 0.1) is 11.5 Å². The fourth-order valence-corrected chi connectivity index (χ4v) is 3.37. The molecule has 8 nitrogen and oxygen atoms in total. The highest BCUT2D eigenvalue weighted by molar-refractivity contribution is 7.89. The lowest BCUT2D eigenvalue weighted by atomic mass is 10.1. The van der Waals surface area contributed by atoms with Crippen molar-refractivity contribution in [3.63, 3.8) is 0 Å². The van der Waals surface area contributed by atoms with E-state index in [9.17, 15) is 18.0 Å². The van der Waals surface area contributed by atoms with Gasteiger partial charge in [-0.05, 0) is 68.3 Å². The van der Waals surface area contributed by atoms with Gasteiger partial charge in [0.15, 0.2) is 6.61 Å². The molecule has 0 aliphatic rings. The summed E-state index contributed by atoms with van der Waals surface area (Å²) in [5.41, 5.74) is 2.30. The number of hydrogen-bond donors (Lipinski definition) is 2. The SMILES string of the molecule is CCOc1ccc(NC(=O)COC(=O)CNS(=O)(=O)c2ccc(C)c(C)c2)cc1. The number of sulfonamides is 1. The summed E-state index contributed by atoms with van der Waals surface area (Å²) < 4.78 is 36.8. The van der Waals surface area contributed by atoms with Gasteiger partial charge >= 0.3 is 5.97 Å². The molecule has 2 rings (SSSR count). The molecular weight excluding hydrogens is 396 g/mol. The van der Waals surface area contributed by atoms with E-state index >= 15 is 0 Å². The molecule has 2 aromatic carbocycles. The molecule has 0 bridgehead atoms. The van der Waals surface area contributed by atoms with Crippen molar-refractivity contribution in [1.29, 1.82) is 0 Å². The summed E-state index contributed by atoms with van der Waals surface area (Å²) in [5.74, 6) is -0.730. The highest BCUT2D eigenvalue weighted by atomic mass is 32.2. The molecule has 0 saturated carbocycles. The van der Waals surface area contributed by atoms with Crippen LogP contribution in [0.3, 0.4) is 0 Å². The van der Waals surface area contributed by atoms with Crippen LogP contribution in [0.4, 0.5) is 5.69 Å². The quantitative estimate of drug-likeness (QED) is 0.602. The third kappa shape index (κ3) is 6.88. The van der Waals surface area contributed by atoms with Gasteiger partial charge in [0.2, 0.25) is 10.0 Å². The summed E-state index contributed by atoms with van der Waals surface area (Å²) in [5, 5.41) is 2.57. The number of rotatable bonds is 9. The zero-order chi connectivity index (χ0) is 21.4. The minimum Gasteiger partial charge on any atom is -0.494 e. The second-order valence-corrected chi connectivity index (χ2v) is 8.00. The molecule has 156 valence electrons. The Morgan fingerprint density at radius 2 is 1.69 bits per heavy atom. The predicted octanol–water partition coefficient (Wildman–Crippen LogP) is 2.16. The predicted molar refractivity (Wildman–Crippen MR) is 108 cm³/mol. The lowest BCUT2D eigenvalue weighted by Gasteiger charge is -2.10. The number of carbonyl (C=O) groups excluding carboxylic acids is 2. The van der Waals surface area contributed by atoms with Crippen LogP contribution < -0.4 is 14.8 Å². The van der Waals surface area contributed by atoms with Crippen molar-refractivity contribution in [2.24, 2.45) is 0 Å². The molecule has 2 N–H and O–H groups in total. The molecule has 29 heavy (non-hydrogen) atoms. The topological polar surface area (TPSA) is 111 Å². The summed E-state index contributed by atoms with van der Waals surface area (Å²) >= 11 is 0. The number of anilines is 1. The van der Waals surface area contributed by atoms with Gasteiger partial charge in [-0.15, -0.1) is 0 Å². The van der Waals surface area contributed by atoms with Gasteiger partial charge in [-0.1, -0.05) is 6.07 Å². The van der Waals surface area contributed by atoms with Gasteiger partial charge in [0, 0.05) is 5.69 Å². The molecule has 9 heteroatoms. The molecule has 1 amide bonds. The van der Waals surface area contributed by atoms with Crippen LogP contribution in [-0.4, -0.2) is 40.1 Å². The van der Waals surface area contributed by atoms with Crippen LogP contribution in [0.25, 0.3) is 0 Å². The van der Waals surface area contributed by atoms with Crippen molar-refractivity contribution in [3.8, 4) is 5.75 Å². The van der Waals surface area contributed by atoms with Crippen molar-refractivity contribution in [1.82, 2.24) is 4.72 Å². The smallest absolute Gasteiger partial charge is 0.321 e. The van der Waals surface area contributed by atoms with Crippen molar-refractivity contribution in [3.05, 3.63) is 53.6 Å². The molecule has 0 radical (unpaired) electrons. The summed E-state index contributed by atoms with van der Waals surface area (Å²) in [4.78, 5) is 23.7. The Bertz CT molecular complexity index is 971. The number of benzene rings is 2. The highest BCUT2D eigenvalue weighted by Gasteiger charge is 2.17. The normalized spacial score (nSPS) is 11.0. The molecule has 0 heterocycles. The number of nitrogens with one attached hydrogen (secondary N) is 2. The minimum absolute atomic E-state index is 0.0571. The standard InChI is InChI=1S/C20H24N2O6S/c1-4-27-17-8-6-16(7-9-17)22-19(23)13-28-20(24)12-21-29(25,26)18-10-5-14(2)15(3)11-18/h5-11,21H,4,12-13H2,1-3H3,(H,22,23). The van der Waals surface area contributed by atoms with Crippen LogP contribution in [0.1, 0.15) is 18.1 Å². The Hall–Kier alpha value is -2.91. The Kier molecular flexibility index (Phi) is 7.74. The largest absolute Gasteiger partial charge is 0.494 e. The van der Waals surface area contributed by atoms with E-state index in [2.05, 4.69) is 10.0 Å². The maximum atomic E-state index is 12.2.